The Kier molecular flexibility index (Phi) is 7.05. The van der Waals surface area contributed by atoms with Crippen molar-refractivity contribution in [1.82, 2.24) is 5.32 Å². The molecule has 1 rings (SSSR count). The Bertz CT molecular complexity index is 360. The Balaban J connectivity index is 2.49. The van der Waals surface area contributed by atoms with Gasteiger partial charge in [0.2, 0.25) is 0 Å². The maximum absolute atomic E-state index is 5.96. The topological polar surface area (TPSA) is 39.7 Å². The molecule has 18 heavy (non-hydrogen) atoms. The molecule has 0 saturated carbocycles. The predicted octanol–water partition coefficient (Wildman–Crippen LogP) is 2.10. The molecule has 5 heteroatoms. The zero-order valence-electron chi connectivity index (χ0n) is 11.0. The molecule has 102 valence electrons. The minimum absolute atomic E-state index is 0.0418. The molecular formula is C13H20ClNO3. The Morgan fingerprint density at radius 2 is 2.06 bits per heavy atom. The van der Waals surface area contributed by atoms with Crippen LogP contribution in [0.15, 0.2) is 18.2 Å². The van der Waals surface area contributed by atoms with E-state index in [4.69, 9.17) is 25.8 Å². The first-order valence-electron chi connectivity index (χ1n) is 5.76. The van der Waals surface area contributed by atoms with Gasteiger partial charge in [-0.25, -0.2) is 0 Å². The molecule has 1 aromatic rings. The molecule has 0 radical (unpaired) electrons. The zero-order valence-corrected chi connectivity index (χ0v) is 11.8. The third-order valence-electron chi connectivity index (χ3n) is 2.62. The summed E-state index contributed by atoms with van der Waals surface area (Å²) < 4.78 is 15.6. The van der Waals surface area contributed by atoms with Crippen LogP contribution in [0.4, 0.5) is 0 Å². The van der Waals surface area contributed by atoms with Crippen LogP contribution >= 0.6 is 11.6 Å². The van der Waals surface area contributed by atoms with Crippen LogP contribution in [-0.2, 0) is 16.0 Å². The summed E-state index contributed by atoms with van der Waals surface area (Å²) in [5.41, 5.74) is 1.03. The van der Waals surface area contributed by atoms with E-state index >= 15 is 0 Å². The van der Waals surface area contributed by atoms with Crippen LogP contribution in [-0.4, -0.2) is 40.6 Å². The maximum Gasteiger partial charge on any atom is 0.123 e. The van der Waals surface area contributed by atoms with E-state index < -0.39 is 0 Å². The summed E-state index contributed by atoms with van der Waals surface area (Å²) in [5.74, 6) is 0.826. The van der Waals surface area contributed by atoms with E-state index in [-0.39, 0.29) is 6.10 Å². The largest absolute Gasteiger partial charge is 0.496 e. The molecule has 0 spiro atoms. The minimum atomic E-state index is 0.0418. The van der Waals surface area contributed by atoms with Crippen molar-refractivity contribution in [2.45, 2.75) is 12.6 Å². The first-order valence-corrected chi connectivity index (χ1v) is 6.14. The number of nitrogens with one attached hydrogen (secondary N) is 1. The molecule has 1 aromatic carbocycles. The molecular weight excluding hydrogens is 254 g/mol. The van der Waals surface area contributed by atoms with E-state index in [2.05, 4.69) is 5.32 Å². The first kappa shape index (κ1) is 15.2. The molecule has 0 heterocycles. The van der Waals surface area contributed by atoms with E-state index in [0.29, 0.717) is 24.7 Å². The van der Waals surface area contributed by atoms with Crippen molar-refractivity contribution in [2.75, 3.05) is 34.5 Å². The van der Waals surface area contributed by atoms with Gasteiger partial charge < -0.3 is 19.5 Å². The molecule has 0 amide bonds. The highest BCUT2D eigenvalue weighted by molar-refractivity contribution is 6.30. The normalized spacial score (nSPS) is 12.4. The van der Waals surface area contributed by atoms with Crippen molar-refractivity contribution >= 4 is 11.6 Å². The number of ether oxygens (including phenoxy) is 3. The lowest BCUT2D eigenvalue weighted by atomic mass is 10.2. The summed E-state index contributed by atoms with van der Waals surface area (Å²) in [6.07, 6.45) is 0.0418. The molecule has 0 aliphatic carbocycles. The zero-order chi connectivity index (χ0) is 13.4. The lowest BCUT2D eigenvalue weighted by Crippen LogP contribution is -2.31. The van der Waals surface area contributed by atoms with Crippen molar-refractivity contribution in [2.24, 2.45) is 0 Å². The second-order valence-electron chi connectivity index (χ2n) is 3.90. The van der Waals surface area contributed by atoms with E-state index in [1.54, 1.807) is 21.3 Å². The third-order valence-corrected chi connectivity index (χ3v) is 2.85. The van der Waals surface area contributed by atoms with Gasteiger partial charge in [0.1, 0.15) is 5.75 Å². The fourth-order valence-corrected chi connectivity index (χ4v) is 1.84. The highest BCUT2D eigenvalue weighted by Gasteiger charge is 2.08. The fraction of sp³-hybridized carbons (Fsp3) is 0.538. The van der Waals surface area contributed by atoms with Gasteiger partial charge in [-0.15, -0.1) is 0 Å². The van der Waals surface area contributed by atoms with Crippen molar-refractivity contribution in [3.63, 3.8) is 0 Å². The number of hydrogen-bond acceptors (Lipinski definition) is 4. The van der Waals surface area contributed by atoms with Gasteiger partial charge in [0.25, 0.3) is 0 Å². The summed E-state index contributed by atoms with van der Waals surface area (Å²) >= 11 is 5.96. The Morgan fingerprint density at radius 3 is 2.67 bits per heavy atom. The predicted molar refractivity (Wildman–Crippen MR) is 72.4 cm³/mol. The monoisotopic (exact) mass is 273 g/mol. The fourth-order valence-electron chi connectivity index (χ4n) is 1.65. The lowest BCUT2D eigenvalue weighted by Gasteiger charge is -2.16. The minimum Gasteiger partial charge on any atom is -0.496 e. The summed E-state index contributed by atoms with van der Waals surface area (Å²) in [5, 5.41) is 4.00. The first-order chi connectivity index (χ1) is 8.71. The second kappa shape index (κ2) is 8.32. The standard InChI is InChI=1S/C13H20ClNO3/c1-16-9-12(17-2)8-15-7-10-6-11(14)4-5-13(10)18-3/h4-6,12,15H,7-9H2,1-3H3. The average Bonchev–Trinajstić information content (AvgIpc) is 2.38. The highest BCUT2D eigenvalue weighted by Crippen LogP contribution is 2.22. The van der Waals surface area contributed by atoms with Gasteiger partial charge in [-0.1, -0.05) is 11.6 Å². The lowest BCUT2D eigenvalue weighted by molar-refractivity contribution is 0.0287. The van der Waals surface area contributed by atoms with Crippen LogP contribution in [0.2, 0.25) is 5.02 Å². The Hall–Kier alpha value is -0.810. The molecule has 0 saturated heterocycles. The van der Waals surface area contributed by atoms with Crippen LogP contribution in [0.1, 0.15) is 5.56 Å². The summed E-state index contributed by atoms with van der Waals surface area (Å²) in [4.78, 5) is 0. The number of rotatable bonds is 8. The Labute approximate surface area is 113 Å². The van der Waals surface area contributed by atoms with Gasteiger partial charge in [-0.05, 0) is 18.2 Å². The number of hydrogen-bond donors (Lipinski definition) is 1. The SMILES string of the molecule is COCC(CNCc1cc(Cl)ccc1OC)OC. The smallest absolute Gasteiger partial charge is 0.123 e. The molecule has 4 nitrogen and oxygen atoms in total. The molecule has 0 bridgehead atoms. The molecule has 0 aromatic heterocycles. The van der Waals surface area contributed by atoms with Gasteiger partial charge in [0.05, 0.1) is 19.8 Å². The molecule has 0 fully saturated rings. The van der Waals surface area contributed by atoms with Gasteiger partial charge in [0.15, 0.2) is 0 Å². The summed E-state index contributed by atoms with van der Waals surface area (Å²) in [7, 11) is 4.98. The van der Waals surface area contributed by atoms with Crippen LogP contribution in [0, 0.1) is 0 Å². The van der Waals surface area contributed by atoms with E-state index in [0.717, 1.165) is 11.3 Å². The molecule has 1 N–H and O–H groups in total. The summed E-state index contributed by atoms with van der Waals surface area (Å²) in [6, 6.07) is 5.57. The highest BCUT2D eigenvalue weighted by atomic mass is 35.5. The van der Waals surface area contributed by atoms with E-state index in [1.165, 1.54) is 0 Å². The van der Waals surface area contributed by atoms with Crippen LogP contribution in [0.5, 0.6) is 5.75 Å². The van der Waals surface area contributed by atoms with E-state index in [1.807, 2.05) is 18.2 Å². The number of halogens is 1. The maximum atomic E-state index is 5.96. The third kappa shape index (κ3) is 4.82. The van der Waals surface area contributed by atoms with E-state index in [9.17, 15) is 0 Å². The van der Waals surface area contributed by atoms with Gasteiger partial charge in [-0.2, -0.15) is 0 Å². The second-order valence-corrected chi connectivity index (χ2v) is 4.34. The van der Waals surface area contributed by atoms with Gasteiger partial charge >= 0.3 is 0 Å². The molecule has 0 aliphatic rings. The molecule has 0 aliphatic heterocycles. The quantitative estimate of drug-likeness (QED) is 0.787. The van der Waals surface area contributed by atoms with Crippen molar-refractivity contribution in [3.05, 3.63) is 28.8 Å². The number of methoxy groups -OCH3 is 3. The Morgan fingerprint density at radius 1 is 1.28 bits per heavy atom. The van der Waals surface area contributed by atoms with Crippen LogP contribution < -0.4 is 10.1 Å². The van der Waals surface area contributed by atoms with Gasteiger partial charge in [-0.3, -0.25) is 0 Å². The van der Waals surface area contributed by atoms with Crippen LogP contribution in [0.3, 0.4) is 0 Å². The average molecular weight is 274 g/mol. The van der Waals surface area contributed by atoms with Crippen molar-refractivity contribution in [3.8, 4) is 5.75 Å². The van der Waals surface area contributed by atoms with Crippen molar-refractivity contribution < 1.29 is 14.2 Å². The van der Waals surface area contributed by atoms with Crippen molar-refractivity contribution in [1.29, 1.82) is 0 Å². The summed E-state index contributed by atoms with van der Waals surface area (Å²) in [6.45, 7) is 1.95. The van der Waals surface area contributed by atoms with Gasteiger partial charge in [0, 0.05) is 37.9 Å². The molecule has 1 atom stereocenters. The number of benzene rings is 1. The van der Waals surface area contributed by atoms with Crippen LogP contribution in [0.25, 0.3) is 0 Å². The molecule has 1 unspecified atom stereocenters.